The predicted molar refractivity (Wildman–Crippen MR) is 139 cm³/mol. The van der Waals surface area contributed by atoms with Gasteiger partial charge in [0, 0.05) is 33.9 Å². The van der Waals surface area contributed by atoms with E-state index in [0.717, 1.165) is 27.2 Å². The summed E-state index contributed by atoms with van der Waals surface area (Å²) in [6, 6.07) is 25.2. The minimum Gasteiger partial charge on any atom is -0.465 e. The number of ether oxygens (including phenoxy) is 1. The highest BCUT2D eigenvalue weighted by Gasteiger charge is 2.42. The Kier molecular flexibility index (Phi) is 6.17. The number of carbonyl (C=O) groups is 1. The number of halogens is 1. The van der Waals surface area contributed by atoms with Crippen molar-refractivity contribution in [3.63, 3.8) is 0 Å². The van der Waals surface area contributed by atoms with Crippen LogP contribution in [0.25, 0.3) is 5.69 Å². The summed E-state index contributed by atoms with van der Waals surface area (Å²) in [5, 5.41) is 4.13. The van der Waals surface area contributed by atoms with E-state index in [0.29, 0.717) is 10.7 Å². The van der Waals surface area contributed by atoms with E-state index in [2.05, 4.69) is 41.8 Å². The molecule has 5 rings (SSSR count). The summed E-state index contributed by atoms with van der Waals surface area (Å²) in [6.07, 6.45) is 3.81. The van der Waals surface area contributed by atoms with Gasteiger partial charge < -0.3 is 19.5 Å². The van der Waals surface area contributed by atoms with Crippen LogP contribution >= 0.6 is 28.1 Å². The summed E-state index contributed by atoms with van der Waals surface area (Å²) in [5.74, 6) is -0.360. The fourth-order valence-corrected chi connectivity index (χ4v) is 4.89. The van der Waals surface area contributed by atoms with Crippen molar-refractivity contribution in [1.29, 1.82) is 0 Å². The molecule has 0 bridgehead atoms. The molecule has 0 aliphatic carbocycles. The number of carbonyl (C=O) groups excluding carboxylic acids is 1. The lowest BCUT2D eigenvalue weighted by molar-refractivity contribution is 0.0600. The van der Waals surface area contributed by atoms with Gasteiger partial charge in [0.15, 0.2) is 5.11 Å². The van der Waals surface area contributed by atoms with Gasteiger partial charge in [-0.25, -0.2) is 4.79 Å². The first kappa shape index (κ1) is 22.3. The molecular weight excluding hydrogens is 512 g/mol. The molecule has 0 saturated carbocycles. The third kappa shape index (κ3) is 4.10. The maximum Gasteiger partial charge on any atom is 0.337 e. The van der Waals surface area contributed by atoms with Crippen molar-refractivity contribution in [2.45, 2.75) is 12.1 Å². The highest BCUT2D eigenvalue weighted by Crippen LogP contribution is 2.42. The predicted octanol–water partition coefficient (Wildman–Crippen LogP) is 5.60. The molecular formula is C26H21BrN4O2S. The highest BCUT2D eigenvalue weighted by molar-refractivity contribution is 9.10. The van der Waals surface area contributed by atoms with E-state index in [-0.39, 0.29) is 18.1 Å². The van der Waals surface area contributed by atoms with Crippen molar-refractivity contribution in [2.75, 3.05) is 12.0 Å². The maximum atomic E-state index is 11.9. The van der Waals surface area contributed by atoms with Crippen molar-refractivity contribution < 1.29 is 9.53 Å². The number of nitrogens with zero attached hydrogens (tertiary/aromatic N) is 3. The monoisotopic (exact) mass is 532 g/mol. The second-order valence-corrected chi connectivity index (χ2v) is 9.12. The van der Waals surface area contributed by atoms with Crippen LogP contribution in [0.1, 0.15) is 33.8 Å². The van der Waals surface area contributed by atoms with Crippen LogP contribution in [0.4, 0.5) is 5.69 Å². The standard InChI is InChI=1S/C26H21BrN4O2S/c1-33-25(32)17-7-11-19(12-8-17)30-16-4-6-22(30)24-23(21-5-2-3-15-28-21)29-26(34)31(24)20-13-9-18(27)10-14-20/h2-16,23-24H,1H3,(H,29,34)/t23-,24+/m0/s1. The molecule has 2 atom stereocenters. The number of esters is 1. The molecule has 0 amide bonds. The van der Waals surface area contributed by atoms with Crippen molar-refractivity contribution in [3.8, 4) is 5.69 Å². The van der Waals surface area contributed by atoms with Gasteiger partial charge in [-0.2, -0.15) is 0 Å². The molecule has 3 heterocycles. The van der Waals surface area contributed by atoms with E-state index in [9.17, 15) is 4.79 Å². The van der Waals surface area contributed by atoms with Gasteiger partial charge in [-0.1, -0.05) is 22.0 Å². The number of pyridine rings is 1. The Morgan fingerprint density at radius 2 is 1.74 bits per heavy atom. The number of hydrogen-bond acceptors (Lipinski definition) is 4. The van der Waals surface area contributed by atoms with Crippen LogP contribution in [0.2, 0.25) is 0 Å². The van der Waals surface area contributed by atoms with Gasteiger partial charge >= 0.3 is 5.97 Å². The topological polar surface area (TPSA) is 59.4 Å². The number of hydrogen-bond donors (Lipinski definition) is 1. The summed E-state index contributed by atoms with van der Waals surface area (Å²) in [5.41, 5.74) is 4.37. The normalized spacial score (nSPS) is 17.5. The smallest absolute Gasteiger partial charge is 0.337 e. The first-order chi connectivity index (χ1) is 16.6. The quantitative estimate of drug-likeness (QED) is 0.266. The molecule has 4 aromatic rings. The first-order valence-corrected chi connectivity index (χ1v) is 11.9. The lowest BCUT2D eigenvalue weighted by Gasteiger charge is -2.29. The number of benzene rings is 2. The second-order valence-electron chi connectivity index (χ2n) is 7.81. The number of anilines is 1. The van der Waals surface area contributed by atoms with Crippen molar-refractivity contribution in [1.82, 2.24) is 14.9 Å². The van der Waals surface area contributed by atoms with Crippen LogP contribution in [0.5, 0.6) is 0 Å². The highest BCUT2D eigenvalue weighted by atomic mass is 79.9. The van der Waals surface area contributed by atoms with E-state index >= 15 is 0 Å². The molecule has 0 radical (unpaired) electrons. The van der Waals surface area contributed by atoms with E-state index in [1.165, 1.54) is 7.11 Å². The van der Waals surface area contributed by atoms with Gasteiger partial charge in [0.1, 0.15) is 6.04 Å². The fraction of sp³-hybridized carbons (Fsp3) is 0.115. The molecule has 6 nitrogen and oxygen atoms in total. The third-order valence-corrected chi connectivity index (χ3v) is 6.70. The van der Waals surface area contributed by atoms with Crippen LogP contribution < -0.4 is 10.2 Å². The molecule has 8 heteroatoms. The lowest BCUT2D eigenvalue weighted by atomic mass is 10.0. The van der Waals surface area contributed by atoms with Gasteiger partial charge in [-0.3, -0.25) is 4.98 Å². The number of thiocarbonyl (C=S) groups is 1. The average Bonchev–Trinajstić information content (AvgIpc) is 3.49. The summed E-state index contributed by atoms with van der Waals surface area (Å²) >= 11 is 9.34. The van der Waals surface area contributed by atoms with Crippen molar-refractivity contribution in [3.05, 3.63) is 113 Å². The van der Waals surface area contributed by atoms with Crippen molar-refractivity contribution >= 4 is 44.9 Å². The Morgan fingerprint density at radius 1 is 1.00 bits per heavy atom. The molecule has 170 valence electrons. The molecule has 34 heavy (non-hydrogen) atoms. The SMILES string of the molecule is COC(=O)c1ccc(-n2cccc2[C@@H]2[C@H](c3ccccn3)NC(=S)N2c2ccc(Br)cc2)cc1. The largest absolute Gasteiger partial charge is 0.465 e. The zero-order valence-electron chi connectivity index (χ0n) is 18.3. The molecule has 2 aromatic carbocycles. The number of aromatic nitrogens is 2. The fourth-order valence-electron chi connectivity index (χ4n) is 4.28. The Morgan fingerprint density at radius 3 is 2.41 bits per heavy atom. The molecule has 0 unspecified atom stereocenters. The number of methoxy groups -OCH3 is 1. The summed E-state index contributed by atoms with van der Waals surface area (Å²) in [7, 11) is 1.38. The number of nitrogens with one attached hydrogen (secondary N) is 1. The minimum atomic E-state index is -0.360. The molecule has 1 fully saturated rings. The Balaban J connectivity index is 1.61. The molecule has 2 aromatic heterocycles. The van der Waals surface area contributed by atoms with Crippen LogP contribution in [-0.4, -0.2) is 27.7 Å². The van der Waals surface area contributed by atoms with E-state index in [1.807, 2.05) is 66.9 Å². The molecule has 1 aliphatic heterocycles. The Labute approximate surface area is 211 Å². The first-order valence-electron chi connectivity index (χ1n) is 10.7. The van der Waals surface area contributed by atoms with E-state index in [4.69, 9.17) is 17.0 Å². The van der Waals surface area contributed by atoms with E-state index in [1.54, 1.807) is 18.3 Å². The Hall–Kier alpha value is -3.49. The maximum absolute atomic E-state index is 11.9. The summed E-state index contributed by atoms with van der Waals surface area (Å²) in [4.78, 5) is 18.6. The molecule has 0 spiro atoms. The third-order valence-electron chi connectivity index (χ3n) is 5.85. The second kappa shape index (κ2) is 9.40. The zero-order valence-corrected chi connectivity index (χ0v) is 20.7. The van der Waals surface area contributed by atoms with Crippen molar-refractivity contribution in [2.24, 2.45) is 0 Å². The van der Waals surface area contributed by atoms with Gasteiger partial charge in [-0.05, 0) is 85.0 Å². The Bertz CT molecular complexity index is 1320. The van der Waals surface area contributed by atoms with Crippen LogP contribution in [0.3, 0.4) is 0 Å². The van der Waals surface area contributed by atoms with Gasteiger partial charge in [-0.15, -0.1) is 0 Å². The molecule has 1 N–H and O–H groups in total. The van der Waals surface area contributed by atoms with E-state index < -0.39 is 0 Å². The average molecular weight is 533 g/mol. The zero-order chi connectivity index (χ0) is 23.7. The van der Waals surface area contributed by atoms with Crippen LogP contribution in [0, 0.1) is 0 Å². The van der Waals surface area contributed by atoms with Gasteiger partial charge in [0.2, 0.25) is 0 Å². The minimum absolute atomic E-state index is 0.152. The van der Waals surface area contributed by atoms with Crippen LogP contribution in [-0.2, 0) is 4.74 Å². The molecule has 1 aliphatic rings. The number of rotatable bonds is 5. The molecule has 1 saturated heterocycles. The van der Waals surface area contributed by atoms with Crippen LogP contribution in [0.15, 0.2) is 95.7 Å². The van der Waals surface area contributed by atoms with Gasteiger partial charge in [0.05, 0.1) is 24.4 Å². The summed E-state index contributed by atoms with van der Waals surface area (Å²) in [6.45, 7) is 0. The summed E-state index contributed by atoms with van der Waals surface area (Å²) < 4.78 is 7.95. The lowest BCUT2D eigenvalue weighted by Crippen LogP contribution is -2.30. The van der Waals surface area contributed by atoms with Gasteiger partial charge in [0.25, 0.3) is 0 Å².